The minimum absolute atomic E-state index is 0.169. The molecule has 8 nitrogen and oxygen atoms in total. The molecular weight excluding hydrogens is 570 g/mol. The first-order valence-electron chi connectivity index (χ1n) is 14.3. The highest BCUT2D eigenvalue weighted by atomic mass is 32.2. The van der Waals surface area contributed by atoms with E-state index in [1.54, 1.807) is 30.3 Å². The molecule has 11 heteroatoms. The number of carbonyl (C=O) groups excluding carboxylic acids is 1. The van der Waals surface area contributed by atoms with E-state index in [9.17, 15) is 17.6 Å². The summed E-state index contributed by atoms with van der Waals surface area (Å²) in [6, 6.07) is 16.4. The molecule has 1 amide bonds. The van der Waals surface area contributed by atoms with Crippen LogP contribution in [0.4, 0.5) is 10.1 Å². The van der Waals surface area contributed by atoms with Crippen LogP contribution in [0.3, 0.4) is 0 Å². The van der Waals surface area contributed by atoms with Crippen LogP contribution < -0.4 is 15.5 Å². The average Bonchev–Trinajstić information content (AvgIpc) is 3.68. The van der Waals surface area contributed by atoms with E-state index in [4.69, 9.17) is 13.7 Å². The minimum atomic E-state index is -3.81. The van der Waals surface area contributed by atoms with E-state index in [-0.39, 0.29) is 23.3 Å². The maximum absolute atomic E-state index is 13.6. The van der Waals surface area contributed by atoms with Crippen molar-refractivity contribution >= 4 is 45.2 Å². The van der Waals surface area contributed by atoms with Crippen molar-refractivity contribution < 1.29 is 31.3 Å². The molecule has 2 N–H and O–H groups in total. The van der Waals surface area contributed by atoms with E-state index in [0.29, 0.717) is 33.3 Å². The summed E-state index contributed by atoms with van der Waals surface area (Å²) >= 11 is 0. The zero-order valence-corrected chi connectivity index (χ0v) is 25.6. The number of sulfonamides is 1. The highest BCUT2D eigenvalue weighted by Crippen LogP contribution is 2.47. The van der Waals surface area contributed by atoms with Gasteiger partial charge in [0.25, 0.3) is 5.91 Å². The Bertz CT molecular complexity index is 1800. The van der Waals surface area contributed by atoms with E-state index in [0.717, 1.165) is 23.9 Å². The first-order valence-corrected chi connectivity index (χ1v) is 16.0. The van der Waals surface area contributed by atoms with Gasteiger partial charge < -0.3 is 19.0 Å². The van der Waals surface area contributed by atoms with Crippen molar-refractivity contribution in [1.29, 1.82) is 0 Å². The largest absolute Gasteiger partial charge is 0.494 e. The van der Waals surface area contributed by atoms with E-state index in [1.165, 1.54) is 19.2 Å². The number of furan rings is 1. The fourth-order valence-electron chi connectivity index (χ4n) is 5.31. The zero-order valence-electron chi connectivity index (χ0n) is 24.8. The summed E-state index contributed by atoms with van der Waals surface area (Å²) < 4.78 is 61.5. The lowest BCUT2D eigenvalue weighted by Crippen LogP contribution is -2.41. The van der Waals surface area contributed by atoms with Crippen molar-refractivity contribution in [1.82, 2.24) is 5.32 Å². The topological polar surface area (TPSA) is 107 Å². The summed E-state index contributed by atoms with van der Waals surface area (Å²) in [6.07, 6.45) is 1.83. The Labute approximate surface area is 251 Å². The SMILES string of the molecule is CNC(=O)c1c(-c2ccc(F)cc2)oc2cc(NS(=O)(=O)Cc3ccc(B4OC(C)(C)C(C)(C)O4)cc3)c(C3CC3)cc12. The molecule has 1 saturated carbocycles. The summed E-state index contributed by atoms with van der Waals surface area (Å²) in [4.78, 5) is 13.0. The van der Waals surface area contributed by atoms with Gasteiger partial charge in [-0.2, -0.15) is 0 Å². The summed E-state index contributed by atoms with van der Waals surface area (Å²) in [5, 5.41) is 3.23. The Morgan fingerprint density at radius 1 is 0.977 bits per heavy atom. The number of carbonyl (C=O) groups is 1. The van der Waals surface area contributed by atoms with Gasteiger partial charge in [0.2, 0.25) is 10.0 Å². The maximum Gasteiger partial charge on any atom is 0.494 e. The van der Waals surface area contributed by atoms with Crippen LogP contribution in [0.1, 0.15) is 67.9 Å². The standard InChI is InChI=1S/C32H34BFN2O6S/c1-31(2)32(3,4)42-33(41-31)22-12-6-19(7-13-22)18-43(38,39)36-26-17-27-25(16-24(26)20-8-9-20)28(30(37)35-5)29(40-27)21-10-14-23(34)15-11-21/h6-7,10-17,20,36H,8-9,18H2,1-5H3,(H,35,37). The Kier molecular flexibility index (Phi) is 7.18. The molecule has 4 aromatic rings. The number of halogens is 1. The van der Waals surface area contributed by atoms with Gasteiger partial charge in [0.1, 0.15) is 17.2 Å². The highest BCUT2D eigenvalue weighted by molar-refractivity contribution is 7.91. The van der Waals surface area contributed by atoms with Crippen molar-refractivity contribution in [3.63, 3.8) is 0 Å². The molecular formula is C32H34BFN2O6S. The third-order valence-electron chi connectivity index (χ3n) is 8.57. The van der Waals surface area contributed by atoms with Crippen LogP contribution in [-0.4, -0.2) is 39.7 Å². The van der Waals surface area contributed by atoms with Gasteiger partial charge in [-0.05, 0) is 93.4 Å². The van der Waals surface area contributed by atoms with Gasteiger partial charge in [-0.15, -0.1) is 0 Å². The van der Waals surface area contributed by atoms with Gasteiger partial charge in [0, 0.05) is 24.1 Å². The molecule has 0 bridgehead atoms. The third kappa shape index (κ3) is 5.69. The van der Waals surface area contributed by atoms with Gasteiger partial charge >= 0.3 is 7.12 Å². The van der Waals surface area contributed by atoms with Gasteiger partial charge in [0.05, 0.1) is 28.2 Å². The van der Waals surface area contributed by atoms with Gasteiger partial charge in [0.15, 0.2) is 0 Å². The molecule has 0 atom stereocenters. The Morgan fingerprint density at radius 3 is 2.19 bits per heavy atom. The molecule has 2 fully saturated rings. The lowest BCUT2D eigenvalue weighted by atomic mass is 9.79. The molecule has 1 saturated heterocycles. The molecule has 3 aromatic carbocycles. The molecule has 2 heterocycles. The lowest BCUT2D eigenvalue weighted by molar-refractivity contribution is 0.00578. The van der Waals surface area contributed by atoms with Crippen molar-refractivity contribution in [2.75, 3.05) is 11.8 Å². The van der Waals surface area contributed by atoms with Crippen LogP contribution in [-0.2, 0) is 25.1 Å². The quantitative estimate of drug-likeness (QED) is 0.250. The number of nitrogens with one attached hydrogen (secondary N) is 2. The number of rotatable bonds is 8. The second-order valence-corrected chi connectivity index (χ2v) is 14.0. The van der Waals surface area contributed by atoms with Crippen LogP contribution in [0.2, 0.25) is 0 Å². The third-order valence-corrected chi connectivity index (χ3v) is 9.81. The number of benzene rings is 3. The van der Waals surface area contributed by atoms with Gasteiger partial charge in [-0.1, -0.05) is 24.3 Å². The van der Waals surface area contributed by atoms with Crippen LogP contribution in [0.15, 0.2) is 65.1 Å². The van der Waals surface area contributed by atoms with Crippen LogP contribution in [0.5, 0.6) is 0 Å². The van der Waals surface area contributed by atoms with Crippen molar-refractivity contribution in [3.05, 3.63) is 83.2 Å². The van der Waals surface area contributed by atoms with Crippen molar-refractivity contribution in [3.8, 4) is 11.3 Å². The molecule has 224 valence electrons. The van der Waals surface area contributed by atoms with Gasteiger partial charge in [-0.3, -0.25) is 9.52 Å². The fraction of sp³-hybridized carbons (Fsp3) is 0.344. The molecule has 2 aliphatic rings. The summed E-state index contributed by atoms with van der Waals surface area (Å²) in [5.74, 6) is -0.531. The lowest BCUT2D eigenvalue weighted by Gasteiger charge is -2.32. The number of fused-ring (bicyclic) bond motifs is 1. The predicted octanol–water partition coefficient (Wildman–Crippen LogP) is 5.72. The van der Waals surface area contributed by atoms with E-state index >= 15 is 0 Å². The second kappa shape index (κ2) is 10.5. The number of anilines is 1. The molecule has 0 spiro atoms. The average molecular weight is 605 g/mol. The van der Waals surface area contributed by atoms with Crippen LogP contribution in [0.25, 0.3) is 22.3 Å². The molecule has 0 radical (unpaired) electrons. The summed E-state index contributed by atoms with van der Waals surface area (Å²) in [7, 11) is -2.81. The van der Waals surface area contributed by atoms with Crippen LogP contribution >= 0.6 is 0 Å². The van der Waals surface area contributed by atoms with Crippen molar-refractivity contribution in [2.45, 2.75) is 63.4 Å². The number of hydrogen-bond donors (Lipinski definition) is 2. The molecule has 43 heavy (non-hydrogen) atoms. The molecule has 0 unspecified atom stereocenters. The Morgan fingerprint density at radius 2 is 1.60 bits per heavy atom. The summed E-state index contributed by atoms with van der Waals surface area (Å²) in [5.41, 5.74) is 2.92. The predicted molar refractivity (Wildman–Crippen MR) is 165 cm³/mol. The molecule has 6 rings (SSSR count). The summed E-state index contributed by atoms with van der Waals surface area (Å²) in [6.45, 7) is 7.94. The van der Waals surface area contributed by atoms with Crippen LogP contribution in [0, 0.1) is 5.82 Å². The maximum atomic E-state index is 13.6. The van der Waals surface area contributed by atoms with E-state index in [2.05, 4.69) is 10.0 Å². The molecule has 1 aromatic heterocycles. The van der Waals surface area contributed by atoms with Gasteiger partial charge in [-0.25, -0.2) is 12.8 Å². The fourth-order valence-corrected chi connectivity index (χ4v) is 6.52. The normalized spacial score (nSPS) is 17.8. The number of hydrogen-bond acceptors (Lipinski definition) is 6. The van der Waals surface area contributed by atoms with E-state index < -0.39 is 34.2 Å². The molecule has 1 aliphatic carbocycles. The minimum Gasteiger partial charge on any atom is -0.455 e. The second-order valence-electron chi connectivity index (χ2n) is 12.3. The van der Waals surface area contributed by atoms with E-state index in [1.807, 2.05) is 45.9 Å². The Balaban J connectivity index is 1.29. The Hall–Kier alpha value is -3.67. The first kappa shape index (κ1) is 29.4. The van der Waals surface area contributed by atoms with Crippen molar-refractivity contribution in [2.24, 2.45) is 0 Å². The number of amides is 1. The monoisotopic (exact) mass is 604 g/mol. The highest BCUT2D eigenvalue weighted by Gasteiger charge is 2.51. The first-order chi connectivity index (χ1) is 20.3. The smallest absolute Gasteiger partial charge is 0.455 e. The zero-order chi connectivity index (χ0) is 30.7. The molecule has 1 aliphatic heterocycles.